The van der Waals surface area contributed by atoms with Crippen LogP contribution >= 0.6 is 11.8 Å². The van der Waals surface area contributed by atoms with Gasteiger partial charge >= 0.3 is 0 Å². The van der Waals surface area contributed by atoms with Crippen LogP contribution in [0.25, 0.3) is 0 Å². The van der Waals surface area contributed by atoms with Crippen molar-refractivity contribution in [2.45, 2.75) is 10.3 Å². The van der Waals surface area contributed by atoms with E-state index in [-0.39, 0.29) is 5.56 Å². The number of hydrogen-bond acceptors (Lipinski definition) is 5. The van der Waals surface area contributed by atoms with Gasteiger partial charge in [0.15, 0.2) is 5.16 Å². The Balaban J connectivity index is 1.96. The number of hydrogen-bond donors (Lipinski definition) is 1. The Morgan fingerprint density at radius 3 is 2.58 bits per heavy atom. The summed E-state index contributed by atoms with van der Waals surface area (Å²) >= 11 is 1.25. The van der Waals surface area contributed by atoms with Crippen molar-refractivity contribution in [1.82, 2.24) is 9.97 Å². The van der Waals surface area contributed by atoms with Gasteiger partial charge in [0.2, 0.25) is 0 Å². The van der Waals surface area contributed by atoms with E-state index >= 15 is 0 Å². The highest BCUT2D eigenvalue weighted by molar-refractivity contribution is 7.99. The second-order valence-electron chi connectivity index (χ2n) is 3.96. The van der Waals surface area contributed by atoms with Gasteiger partial charge in [0, 0.05) is 17.8 Å². The molecule has 2 heterocycles. The van der Waals surface area contributed by atoms with Crippen LogP contribution in [0.3, 0.4) is 0 Å². The summed E-state index contributed by atoms with van der Waals surface area (Å²) in [7, 11) is 0. The van der Waals surface area contributed by atoms with Crippen LogP contribution in [0, 0.1) is 0 Å². The zero-order valence-corrected chi connectivity index (χ0v) is 10.9. The molecule has 3 rings (SSSR count). The number of rotatable bonds is 3. The minimum absolute atomic E-state index is 0.196. The quantitative estimate of drug-likeness (QED) is 0.865. The van der Waals surface area contributed by atoms with Gasteiger partial charge in [-0.05, 0) is 11.8 Å². The fraction of sp³-hybridized carbons (Fsp3) is 0.231. The Bertz CT molecular complexity index is 609. The molecule has 6 heteroatoms. The molecule has 1 fully saturated rings. The van der Waals surface area contributed by atoms with E-state index in [0.29, 0.717) is 18.4 Å². The van der Waals surface area contributed by atoms with Crippen molar-refractivity contribution >= 4 is 11.8 Å². The maximum absolute atomic E-state index is 11.3. The third-order valence-electron chi connectivity index (χ3n) is 2.67. The highest BCUT2D eigenvalue weighted by Crippen LogP contribution is 2.44. The standard InChI is InChI=1S/C13H12N2O3S/c16-11-6-7-14-12(15-11)19-13(17-8-9-18-13)10-4-2-1-3-5-10/h1-7H,8-9H2,(H,14,15,16). The lowest BCUT2D eigenvalue weighted by Gasteiger charge is -2.25. The first-order valence-electron chi connectivity index (χ1n) is 5.86. The zero-order valence-electron chi connectivity index (χ0n) is 10.0. The molecule has 0 atom stereocenters. The summed E-state index contributed by atoms with van der Waals surface area (Å²) in [5.41, 5.74) is 0.697. The van der Waals surface area contributed by atoms with Crippen LogP contribution in [0.4, 0.5) is 0 Å². The van der Waals surface area contributed by atoms with E-state index < -0.39 is 5.12 Å². The molecule has 98 valence electrons. The van der Waals surface area contributed by atoms with Gasteiger partial charge < -0.3 is 14.5 Å². The molecule has 0 unspecified atom stereocenters. The van der Waals surface area contributed by atoms with E-state index in [0.717, 1.165) is 5.56 Å². The van der Waals surface area contributed by atoms with Crippen LogP contribution in [0.1, 0.15) is 5.56 Å². The first-order valence-corrected chi connectivity index (χ1v) is 6.68. The number of aromatic amines is 1. The summed E-state index contributed by atoms with van der Waals surface area (Å²) in [6.07, 6.45) is 1.47. The van der Waals surface area contributed by atoms with E-state index in [1.54, 1.807) is 0 Å². The number of H-pyrrole nitrogens is 1. The van der Waals surface area contributed by atoms with E-state index in [2.05, 4.69) is 9.97 Å². The topological polar surface area (TPSA) is 64.2 Å². The lowest BCUT2D eigenvalue weighted by atomic mass is 10.2. The molecular weight excluding hydrogens is 264 g/mol. The average molecular weight is 276 g/mol. The summed E-state index contributed by atoms with van der Waals surface area (Å²) in [4.78, 5) is 18.1. The van der Waals surface area contributed by atoms with Gasteiger partial charge in [-0.1, -0.05) is 30.3 Å². The third kappa shape index (κ3) is 2.56. The molecule has 1 aromatic heterocycles. The minimum atomic E-state index is -0.932. The Morgan fingerprint density at radius 2 is 1.89 bits per heavy atom. The van der Waals surface area contributed by atoms with Crippen molar-refractivity contribution in [3.8, 4) is 0 Å². The monoisotopic (exact) mass is 276 g/mol. The smallest absolute Gasteiger partial charge is 0.253 e. The molecule has 0 saturated carbocycles. The molecule has 19 heavy (non-hydrogen) atoms. The third-order valence-corrected chi connectivity index (χ3v) is 3.81. The number of thioether (sulfide) groups is 1. The zero-order chi connectivity index (χ0) is 13.1. The largest absolute Gasteiger partial charge is 0.335 e. The van der Waals surface area contributed by atoms with Crippen molar-refractivity contribution in [3.05, 3.63) is 58.5 Å². The number of ether oxygens (including phenoxy) is 2. The van der Waals surface area contributed by atoms with Crippen LogP contribution in [-0.2, 0) is 14.6 Å². The molecule has 1 aliphatic heterocycles. The average Bonchev–Trinajstić information content (AvgIpc) is 2.90. The molecule has 5 nitrogen and oxygen atoms in total. The molecule has 0 amide bonds. The predicted octanol–water partition coefficient (Wildman–Crippen LogP) is 1.72. The highest BCUT2D eigenvalue weighted by atomic mass is 32.2. The summed E-state index contributed by atoms with van der Waals surface area (Å²) in [6.45, 7) is 1.03. The lowest BCUT2D eigenvalue weighted by Crippen LogP contribution is -2.23. The van der Waals surface area contributed by atoms with Gasteiger partial charge in [-0.15, -0.1) is 0 Å². The summed E-state index contributed by atoms with van der Waals surface area (Å²) in [5.74, 6) is 0. The van der Waals surface area contributed by atoms with Crippen LogP contribution < -0.4 is 5.56 Å². The predicted molar refractivity (Wildman–Crippen MR) is 70.7 cm³/mol. The van der Waals surface area contributed by atoms with E-state index in [1.165, 1.54) is 24.0 Å². The number of nitrogens with one attached hydrogen (secondary N) is 1. The van der Waals surface area contributed by atoms with E-state index in [9.17, 15) is 4.79 Å². The molecule has 0 bridgehead atoms. The molecule has 0 radical (unpaired) electrons. The van der Waals surface area contributed by atoms with Gasteiger partial charge in [-0.25, -0.2) is 4.98 Å². The minimum Gasteiger partial charge on any atom is -0.335 e. The van der Waals surface area contributed by atoms with Crippen molar-refractivity contribution < 1.29 is 9.47 Å². The molecule has 1 aromatic carbocycles. The Labute approximate surface area is 114 Å². The van der Waals surface area contributed by atoms with Crippen LogP contribution in [0.2, 0.25) is 0 Å². The SMILES string of the molecule is O=c1ccnc(SC2(c3ccccc3)OCCO2)[nH]1. The Hall–Kier alpha value is -1.63. The van der Waals surface area contributed by atoms with Gasteiger partial charge in [0.25, 0.3) is 10.7 Å². The first-order chi connectivity index (χ1) is 9.28. The maximum Gasteiger partial charge on any atom is 0.253 e. The summed E-state index contributed by atoms with van der Waals surface area (Å²) in [6, 6.07) is 11.0. The first kappa shape index (κ1) is 12.4. The van der Waals surface area contributed by atoms with Crippen molar-refractivity contribution in [2.24, 2.45) is 0 Å². The van der Waals surface area contributed by atoms with Gasteiger partial charge in [0.05, 0.1) is 13.2 Å². The molecule has 1 aliphatic rings. The van der Waals surface area contributed by atoms with Crippen molar-refractivity contribution in [2.75, 3.05) is 13.2 Å². The van der Waals surface area contributed by atoms with E-state index in [1.807, 2.05) is 30.3 Å². The summed E-state index contributed by atoms with van der Waals surface area (Å²) < 4.78 is 11.5. The Kier molecular flexibility index (Phi) is 3.37. The number of nitrogens with zero attached hydrogens (tertiary/aromatic N) is 1. The van der Waals surface area contributed by atoms with E-state index in [4.69, 9.17) is 9.47 Å². The summed E-state index contributed by atoms with van der Waals surface area (Å²) in [5, 5.41) is -0.461. The highest BCUT2D eigenvalue weighted by Gasteiger charge is 2.40. The maximum atomic E-state index is 11.3. The molecule has 2 aromatic rings. The molecule has 0 spiro atoms. The molecule has 1 N–H and O–H groups in total. The lowest BCUT2D eigenvalue weighted by molar-refractivity contribution is -0.0817. The van der Waals surface area contributed by atoms with Crippen LogP contribution in [-0.4, -0.2) is 23.2 Å². The fourth-order valence-corrected chi connectivity index (χ4v) is 2.91. The molecular formula is C13H12N2O3S. The Morgan fingerprint density at radius 1 is 1.16 bits per heavy atom. The normalized spacial score (nSPS) is 17.5. The van der Waals surface area contributed by atoms with Gasteiger partial charge in [0.1, 0.15) is 0 Å². The van der Waals surface area contributed by atoms with Crippen LogP contribution in [0.15, 0.2) is 52.5 Å². The number of aromatic nitrogens is 2. The fourth-order valence-electron chi connectivity index (χ4n) is 1.85. The molecule has 0 aliphatic carbocycles. The van der Waals surface area contributed by atoms with Crippen LogP contribution in [0.5, 0.6) is 0 Å². The van der Waals surface area contributed by atoms with Gasteiger partial charge in [-0.3, -0.25) is 4.79 Å². The van der Waals surface area contributed by atoms with Crippen molar-refractivity contribution in [1.29, 1.82) is 0 Å². The van der Waals surface area contributed by atoms with Crippen molar-refractivity contribution in [3.63, 3.8) is 0 Å². The second-order valence-corrected chi connectivity index (χ2v) is 5.09. The molecule has 1 saturated heterocycles. The van der Waals surface area contributed by atoms with Gasteiger partial charge in [-0.2, -0.15) is 0 Å². The second kappa shape index (κ2) is 5.16. The number of benzene rings is 1.